The molecule has 0 bridgehead atoms. The maximum Gasteiger partial charge on any atom is 0.189 e. The number of aromatic hydroxyl groups is 2. The largest absolute Gasteiger partial charge is 0.507 e. The number of hydrogen-bond donors (Lipinski definition) is 4. The van der Waals surface area contributed by atoms with Crippen molar-refractivity contribution in [2.24, 2.45) is 11.8 Å². The highest BCUT2D eigenvalue weighted by Crippen LogP contribution is 2.50. The maximum atomic E-state index is 13.7. The van der Waals surface area contributed by atoms with Crippen LogP contribution in [-0.2, 0) is 15.9 Å². The molecule has 0 saturated carbocycles. The van der Waals surface area contributed by atoms with Crippen molar-refractivity contribution in [1.82, 2.24) is 0 Å². The minimum absolute atomic E-state index is 0.0610. The van der Waals surface area contributed by atoms with Gasteiger partial charge in [-0.05, 0) is 43.7 Å². The van der Waals surface area contributed by atoms with E-state index in [0.717, 1.165) is 0 Å². The highest BCUT2D eigenvalue weighted by Gasteiger charge is 2.68. The summed E-state index contributed by atoms with van der Waals surface area (Å²) in [7, 11) is 0. The molecule has 8 heteroatoms. The molecule has 8 nitrogen and oxygen atoms in total. The van der Waals surface area contributed by atoms with Crippen LogP contribution < -0.4 is 0 Å². The first kappa shape index (κ1) is 25.6. The number of ether oxygens (including phenoxy) is 2. The summed E-state index contributed by atoms with van der Waals surface area (Å²) < 4.78 is 11.4. The minimum atomic E-state index is -1.37. The average molecular weight is 465 g/mol. The lowest BCUT2D eigenvalue weighted by molar-refractivity contribution is -0.239. The number of ketones is 2. The number of phenols is 2. The fourth-order valence-corrected chi connectivity index (χ4v) is 5.11. The van der Waals surface area contributed by atoms with E-state index in [0.29, 0.717) is 31.2 Å². The zero-order chi connectivity index (χ0) is 24.7. The van der Waals surface area contributed by atoms with Gasteiger partial charge in [0.1, 0.15) is 17.1 Å². The summed E-state index contributed by atoms with van der Waals surface area (Å²) in [6, 6.07) is 1.44. The number of Topliss-reactive ketones (excluding diaryl/α,β-unsaturated/α-hetero) is 2. The van der Waals surface area contributed by atoms with E-state index in [1.54, 1.807) is 0 Å². The van der Waals surface area contributed by atoms with Crippen molar-refractivity contribution < 1.29 is 39.5 Å². The molecular weight excluding hydrogens is 428 g/mol. The van der Waals surface area contributed by atoms with Gasteiger partial charge in [-0.1, -0.05) is 34.1 Å². The van der Waals surface area contributed by atoms with Gasteiger partial charge in [-0.15, -0.1) is 0 Å². The van der Waals surface area contributed by atoms with E-state index in [1.807, 2.05) is 27.7 Å². The summed E-state index contributed by atoms with van der Waals surface area (Å²) in [6.07, 6.45) is -1.32. The van der Waals surface area contributed by atoms with E-state index in [4.69, 9.17) is 9.47 Å². The van der Waals surface area contributed by atoms with Gasteiger partial charge in [0.2, 0.25) is 0 Å². The number of hydrogen-bond acceptors (Lipinski definition) is 8. The number of carbonyl (C=O) groups excluding carboxylic acids is 2. The van der Waals surface area contributed by atoms with Crippen LogP contribution in [-0.4, -0.2) is 62.2 Å². The van der Waals surface area contributed by atoms with Crippen molar-refractivity contribution in [3.8, 4) is 11.5 Å². The molecular formula is C25H36O8. The number of rotatable bonds is 9. The van der Waals surface area contributed by atoms with Crippen LogP contribution >= 0.6 is 0 Å². The Balaban J connectivity index is 1.97. The maximum absolute atomic E-state index is 13.7. The van der Waals surface area contributed by atoms with Gasteiger partial charge < -0.3 is 29.9 Å². The van der Waals surface area contributed by atoms with E-state index >= 15 is 0 Å². The van der Waals surface area contributed by atoms with Gasteiger partial charge >= 0.3 is 0 Å². The van der Waals surface area contributed by atoms with E-state index < -0.39 is 47.3 Å². The SMILES string of the molecule is CCCC(C(=O)c1cc(CC(C)C)c(O)c(C(C)=O)c1O)[C@H]1C[C@@H](O)[C@]2(O[C@H]2CC)[C@H](O)O1. The van der Waals surface area contributed by atoms with Crippen LogP contribution in [0.5, 0.6) is 11.5 Å². The molecule has 1 aromatic rings. The molecule has 0 aromatic heterocycles. The number of aliphatic hydroxyl groups is 2. The summed E-state index contributed by atoms with van der Waals surface area (Å²) in [5, 5.41) is 42.7. The monoisotopic (exact) mass is 464 g/mol. The van der Waals surface area contributed by atoms with Crippen molar-refractivity contribution in [3.63, 3.8) is 0 Å². The molecule has 1 spiro atoms. The predicted molar refractivity (Wildman–Crippen MR) is 120 cm³/mol. The van der Waals surface area contributed by atoms with Gasteiger partial charge in [-0.2, -0.15) is 0 Å². The minimum Gasteiger partial charge on any atom is -0.507 e. The van der Waals surface area contributed by atoms with Gasteiger partial charge in [0.25, 0.3) is 0 Å². The van der Waals surface area contributed by atoms with Gasteiger partial charge in [0.05, 0.1) is 23.9 Å². The van der Waals surface area contributed by atoms with Crippen LogP contribution in [0, 0.1) is 11.8 Å². The average Bonchev–Trinajstić information content (AvgIpc) is 3.47. The van der Waals surface area contributed by atoms with Crippen molar-refractivity contribution >= 4 is 11.6 Å². The molecule has 1 unspecified atom stereocenters. The molecule has 0 radical (unpaired) electrons. The Labute approximate surface area is 194 Å². The number of aliphatic hydroxyl groups excluding tert-OH is 2. The standard InChI is InChI=1S/C25H36O8/c1-6-8-15(17-11-18(27)25(24(31)32-17)19(7-2)33-25)22(29)16-10-14(9-12(3)4)21(28)20(13(5)26)23(16)30/h10,12,15,17-19,24,27-28,30-31H,6-9,11H2,1-5H3/t15?,17-,18-,19+,24-,25-/m1/s1. The van der Waals surface area contributed by atoms with Crippen molar-refractivity contribution in [1.29, 1.82) is 0 Å². The van der Waals surface area contributed by atoms with Crippen molar-refractivity contribution in [3.05, 3.63) is 22.8 Å². The molecule has 2 saturated heterocycles. The fraction of sp³-hybridized carbons (Fsp3) is 0.680. The molecule has 184 valence electrons. The molecule has 2 fully saturated rings. The highest BCUT2D eigenvalue weighted by atomic mass is 16.7. The Morgan fingerprint density at radius 2 is 1.85 bits per heavy atom. The first-order valence-corrected chi connectivity index (χ1v) is 11.8. The van der Waals surface area contributed by atoms with Gasteiger partial charge in [0.15, 0.2) is 23.5 Å². The van der Waals surface area contributed by atoms with Crippen LogP contribution in [0.4, 0.5) is 0 Å². The highest BCUT2D eigenvalue weighted by molar-refractivity contribution is 6.07. The molecule has 2 aliphatic heterocycles. The van der Waals surface area contributed by atoms with E-state index in [9.17, 15) is 30.0 Å². The first-order valence-electron chi connectivity index (χ1n) is 11.8. The Bertz CT molecular complexity index is 896. The van der Waals surface area contributed by atoms with Gasteiger partial charge in [-0.25, -0.2) is 0 Å². The molecule has 1 aromatic carbocycles. The fourth-order valence-electron chi connectivity index (χ4n) is 5.11. The lowest BCUT2D eigenvalue weighted by atomic mass is 9.80. The van der Waals surface area contributed by atoms with Crippen LogP contribution in [0.2, 0.25) is 0 Å². The number of carbonyl (C=O) groups is 2. The lowest BCUT2D eigenvalue weighted by Gasteiger charge is -2.39. The smallest absolute Gasteiger partial charge is 0.189 e. The van der Waals surface area contributed by atoms with Crippen LogP contribution in [0.25, 0.3) is 0 Å². The Kier molecular flexibility index (Phi) is 7.53. The van der Waals surface area contributed by atoms with Crippen LogP contribution in [0.15, 0.2) is 6.07 Å². The lowest BCUT2D eigenvalue weighted by Crippen LogP contribution is -2.55. The second-order valence-electron chi connectivity index (χ2n) is 9.72. The molecule has 4 N–H and O–H groups in total. The molecule has 33 heavy (non-hydrogen) atoms. The molecule has 2 aliphatic rings. The quantitative estimate of drug-likeness (QED) is 0.323. The molecule has 3 rings (SSSR count). The van der Waals surface area contributed by atoms with Crippen molar-refractivity contribution in [2.45, 2.75) is 96.9 Å². The second kappa shape index (κ2) is 9.70. The van der Waals surface area contributed by atoms with Gasteiger partial charge in [-0.3, -0.25) is 9.59 Å². The number of epoxide rings is 1. The number of phenolic OH excluding ortho intramolecular Hbond substituents is 2. The molecule has 0 aliphatic carbocycles. The zero-order valence-corrected chi connectivity index (χ0v) is 20.0. The van der Waals surface area contributed by atoms with E-state index in [2.05, 4.69) is 0 Å². The van der Waals surface area contributed by atoms with E-state index in [-0.39, 0.29) is 35.3 Å². The summed E-state index contributed by atoms with van der Waals surface area (Å²) >= 11 is 0. The first-order chi connectivity index (χ1) is 15.5. The Hall–Kier alpha value is -2.00. The Morgan fingerprint density at radius 3 is 2.33 bits per heavy atom. The topological polar surface area (TPSA) is 137 Å². The summed E-state index contributed by atoms with van der Waals surface area (Å²) in [6.45, 7) is 8.90. The molecule has 6 atom stereocenters. The van der Waals surface area contributed by atoms with Crippen LogP contribution in [0.1, 0.15) is 86.6 Å². The second-order valence-corrected chi connectivity index (χ2v) is 9.72. The predicted octanol–water partition coefficient (Wildman–Crippen LogP) is 3.11. The third-order valence-electron chi connectivity index (χ3n) is 6.81. The van der Waals surface area contributed by atoms with Gasteiger partial charge in [0, 0.05) is 12.3 Å². The van der Waals surface area contributed by atoms with Crippen LogP contribution in [0.3, 0.4) is 0 Å². The molecule has 0 amide bonds. The Morgan fingerprint density at radius 1 is 1.18 bits per heavy atom. The third-order valence-corrected chi connectivity index (χ3v) is 6.81. The summed E-state index contributed by atoms with van der Waals surface area (Å²) in [4.78, 5) is 25.8. The zero-order valence-electron chi connectivity index (χ0n) is 20.0. The van der Waals surface area contributed by atoms with Crippen molar-refractivity contribution in [2.75, 3.05) is 0 Å². The number of benzene rings is 1. The third kappa shape index (κ3) is 4.54. The summed E-state index contributed by atoms with van der Waals surface area (Å²) in [5.74, 6) is -2.49. The van der Waals surface area contributed by atoms with E-state index in [1.165, 1.54) is 13.0 Å². The normalized spacial score (nSPS) is 29.9. The molecule has 2 heterocycles. The summed E-state index contributed by atoms with van der Waals surface area (Å²) in [5.41, 5.74) is -1.08.